The van der Waals surface area contributed by atoms with E-state index >= 15 is 0 Å². The topological polar surface area (TPSA) is 58.4 Å². The maximum atomic E-state index is 12.1. The molecule has 1 heterocycles. The summed E-state index contributed by atoms with van der Waals surface area (Å²) in [5.41, 5.74) is 8.30. The van der Waals surface area contributed by atoms with Gasteiger partial charge in [-0.2, -0.15) is 0 Å². The molecule has 0 radical (unpaired) electrons. The molecule has 0 aliphatic carbocycles. The maximum Gasteiger partial charge on any atom is 0.321 e. The molecule has 1 aliphatic rings. The molecule has 1 saturated heterocycles. The van der Waals surface area contributed by atoms with Crippen LogP contribution in [0, 0.1) is 12.8 Å². The lowest BCUT2D eigenvalue weighted by Gasteiger charge is -2.31. The van der Waals surface area contributed by atoms with Crippen molar-refractivity contribution < 1.29 is 4.79 Å². The third kappa shape index (κ3) is 2.94. The van der Waals surface area contributed by atoms with Crippen LogP contribution in [0.5, 0.6) is 0 Å². The molecule has 1 aromatic rings. The van der Waals surface area contributed by atoms with E-state index in [0.29, 0.717) is 17.3 Å². The molecule has 0 spiro atoms. The summed E-state index contributed by atoms with van der Waals surface area (Å²) in [5.74, 6) is 0.583. The van der Waals surface area contributed by atoms with Crippen molar-refractivity contribution in [2.75, 3.05) is 24.1 Å². The summed E-state index contributed by atoms with van der Waals surface area (Å²) in [6.45, 7) is 5.83. The SMILES string of the molecule is Cc1ccc(NC(=O)N2CCCC(C)C2)c(N)c1. The van der Waals surface area contributed by atoms with Gasteiger partial charge >= 0.3 is 6.03 Å². The molecule has 1 fully saturated rings. The highest BCUT2D eigenvalue weighted by Crippen LogP contribution is 2.21. The Labute approximate surface area is 108 Å². The maximum absolute atomic E-state index is 12.1. The fourth-order valence-corrected chi connectivity index (χ4v) is 2.36. The number of nitrogens with two attached hydrogens (primary N) is 1. The van der Waals surface area contributed by atoms with Crippen molar-refractivity contribution in [3.63, 3.8) is 0 Å². The number of anilines is 2. The largest absolute Gasteiger partial charge is 0.397 e. The molecule has 0 aromatic heterocycles. The number of amides is 2. The fraction of sp³-hybridized carbons (Fsp3) is 0.500. The molecule has 2 amide bonds. The van der Waals surface area contributed by atoms with E-state index in [9.17, 15) is 4.79 Å². The zero-order chi connectivity index (χ0) is 13.1. The molecule has 4 heteroatoms. The molecule has 1 aliphatic heterocycles. The van der Waals surface area contributed by atoms with E-state index < -0.39 is 0 Å². The Morgan fingerprint density at radius 1 is 1.50 bits per heavy atom. The van der Waals surface area contributed by atoms with Crippen LogP contribution in [0.15, 0.2) is 18.2 Å². The number of nitrogens with zero attached hydrogens (tertiary/aromatic N) is 1. The van der Waals surface area contributed by atoms with E-state index in [4.69, 9.17) is 5.73 Å². The van der Waals surface area contributed by atoms with Crippen LogP contribution in [0.4, 0.5) is 16.2 Å². The molecule has 2 rings (SSSR count). The number of rotatable bonds is 1. The number of aryl methyl sites for hydroxylation is 1. The molecule has 98 valence electrons. The zero-order valence-corrected chi connectivity index (χ0v) is 11.1. The molecule has 18 heavy (non-hydrogen) atoms. The molecular formula is C14H21N3O. The van der Waals surface area contributed by atoms with Crippen LogP contribution in [-0.4, -0.2) is 24.0 Å². The number of carbonyl (C=O) groups is 1. The first-order valence-electron chi connectivity index (χ1n) is 6.48. The normalized spacial score (nSPS) is 19.7. The van der Waals surface area contributed by atoms with Gasteiger partial charge in [-0.15, -0.1) is 0 Å². The second-order valence-corrected chi connectivity index (χ2v) is 5.21. The lowest BCUT2D eigenvalue weighted by molar-refractivity contribution is 0.182. The summed E-state index contributed by atoms with van der Waals surface area (Å²) in [6.07, 6.45) is 2.29. The number of nitrogens with one attached hydrogen (secondary N) is 1. The van der Waals surface area contributed by atoms with Crippen molar-refractivity contribution in [3.05, 3.63) is 23.8 Å². The summed E-state index contributed by atoms with van der Waals surface area (Å²) in [5, 5.41) is 2.89. The van der Waals surface area contributed by atoms with Crippen molar-refractivity contribution in [1.82, 2.24) is 4.90 Å². The van der Waals surface area contributed by atoms with Crippen LogP contribution in [0.3, 0.4) is 0 Å². The number of piperidine rings is 1. The minimum atomic E-state index is -0.0443. The number of likely N-dealkylation sites (tertiary alicyclic amines) is 1. The zero-order valence-electron chi connectivity index (χ0n) is 11.1. The number of benzene rings is 1. The van der Waals surface area contributed by atoms with Gasteiger partial charge in [-0.05, 0) is 43.4 Å². The second-order valence-electron chi connectivity index (χ2n) is 5.21. The van der Waals surface area contributed by atoms with Crippen LogP contribution < -0.4 is 11.1 Å². The van der Waals surface area contributed by atoms with E-state index in [-0.39, 0.29) is 6.03 Å². The Morgan fingerprint density at radius 3 is 2.94 bits per heavy atom. The van der Waals surface area contributed by atoms with Gasteiger partial charge in [0.15, 0.2) is 0 Å². The number of urea groups is 1. The number of hydrogen-bond acceptors (Lipinski definition) is 2. The van der Waals surface area contributed by atoms with Gasteiger partial charge in [0.05, 0.1) is 11.4 Å². The van der Waals surface area contributed by atoms with Crippen molar-refractivity contribution in [2.24, 2.45) is 5.92 Å². The van der Waals surface area contributed by atoms with Gasteiger partial charge in [0.25, 0.3) is 0 Å². The van der Waals surface area contributed by atoms with E-state index in [1.807, 2.05) is 30.0 Å². The highest BCUT2D eigenvalue weighted by Gasteiger charge is 2.21. The van der Waals surface area contributed by atoms with Crippen molar-refractivity contribution in [1.29, 1.82) is 0 Å². The minimum Gasteiger partial charge on any atom is -0.397 e. The van der Waals surface area contributed by atoms with Crippen LogP contribution >= 0.6 is 0 Å². The Balaban J connectivity index is 2.02. The Bertz CT molecular complexity index is 445. The lowest BCUT2D eigenvalue weighted by atomic mass is 10.0. The predicted octanol–water partition coefficient (Wildman–Crippen LogP) is 2.84. The average molecular weight is 247 g/mol. The molecule has 4 nitrogen and oxygen atoms in total. The number of hydrogen-bond donors (Lipinski definition) is 2. The van der Waals surface area contributed by atoms with Gasteiger partial charge in [0.2, 0.25) is 0 Å². The van der Waals surface area contributed by atoms with Gasteiger partial charge in [0, 0.05) is 13.1 Å². The Kier molecular flexibility index (Phi) is 3.75. The third-order valence-electron chi connectivity index (χ3n) is 3.39. The first kappa shape index (κ1) is 12.7. The number of carbonyl (C=O) groups excluding carboxylic acids is 1. The quantitative estimate of drug-likeness (QED) is 0.750. The monoisotopic (exact) mass is 247 g/mol. The molecule has 1 atom stereocenters. The van der Waals surface area contributed by atoms with Crippen molar-refractivity contribution >= 4 is 17.4 Å². The number of nitrogen functional groups attached to an aromatic ring is 1. The summed E-state index contributed by atoms with van der Waals surface area (Å²) >= 11 is 0. The highest BCUT2D eigenvalue weighted by molar-refractivity contribution is 5.92. The standard InChI is InChI=1S/C14H21N3O/c1-10-5-6-13(12(15)8-10)16-14(18)17-7-3-4-11(2)9-17/h5-6,8,11H,3-4,7,9,15H2,1-2H3,(H,16,18). The fourth-order valence-electron chi connectivity index (χ4n) is 2.36. The van der Waals surface area contributed by atoms with E-state index in [1.165, 1.54) is 6.42 Å². The highest BCUT2D eigenvalue weighted by atomic mass is 16.2. The minimum absolute atomic E-state index is 0.0443. The third-order valence-corrected chi connectivity index (χ3v) is 3.39. The van der Waals surface area contributed by atoms with Gasteiger partial charge in [-0.1, -0.05) is 13.0 Å². The summed E-state index contributed by atoms with van der Waals surface area (Å²) in [7, 11) is 0. The van der Waals surface area contributed by atoms with Gasteiger partial charge in [-0.3, -0.25) is 0 Å². The molecule has 3 N–H and O–H groups in total. The molecule has 1 unspecified atom stereocenters. The average Bonchev–Trinajstić information content (AvgIpc) is 2.32. The van der Waals surface area contributed by atoms with Crippen LogP contribution in [0.25, 0.3) is 0 Å². The van der Waals surface area contributed by atoms with Crippen LogP contribution in [0.1, 0.15) is 25.3 Å². The van der Waals surface area contributed by atoms with Crippen LogP contribution in [0.2, 0.25) is 0 Å². The van der Waals surface area contributed by atoms with Crippen LogP contribution in [-0.2, 0) is 0 Å². The van der Waals surface area contributed by atoms with Gasteiger partial charge in [-0.25, -0.2) is 4.79 Å². The van der Waals surface area contributed by atoms with Gasteiger partial charge < -0.3 is 16.0 Å². The summed E-state index contributed by atoms with van der Waals surface area (Å²) in [6, 6.07) is 5.63. The van der Waals surface area contributed by atoms with Crippen molar-refractivity contribution in [3.8, 4) is 0 Å². The van der Waals surface area contributed by atoms with E-state index in [0.717, 1.165) is 25.1 Å². The molecular weight excluding hydrogens is 226 g/mol. The second kappa shape index (κ2) is 5.29. The van der Waals surface area contributed by atoms with Gasteiger partial charge in [0.1, 0.15) is 0 Å². The lowest BCUT2D eigenvalue weighted by Crippen LogP contribution is -2.41. The van der Waals surface area contributed by atoms with E-state index in [2.05, 4.69) is 12.2 Å². The molecule has 1 aromatic carbocycles. The molecule has 0 bridgehead atoms. The summed E-state index contributed by atoms with van der Waals surface area (Å²) < 4.78 is 0. The Morgan fingerprint density at radius 2 is 2.28 bits per heavy atom. The smallest absolute Gasteiger partial charge is 0.321 e. The first-order chi connectivity index (χ1) is 8.56. The summed E-state index contributed by atoms with van der Waals surface area (Å²) in [4.78, 5) is 14.0. The first-order valence-corrected chi connectivity index (χ1v) is 6.48. The predicted molar refractivity (Wildman–Crippen MR) is 74.6 cm³/mol. The Hall–Kier alpha value is -1.71. The van der Waals surface area contributed by atoms with Crippen molar-refractivity contribution in [2.45, 2.75) is 26.7 Å². The molecule has 0 saturated carbocycles. The van der Waals surface area contributed by atoms with E-state index in [1.54, 1.807) is 0 Å².